The molecule has 0 saturated heterocycles. The van der Waals surface area contributed by atoms with Crippen LogP contribution in [0.5, 0.6) is 0 Å². The van der Waals surface area contributed by atoms with Gasteiger partial charge >= 0.3 is 5.97 Å². The van der Waals surface area contributed by atoms with E-state index in [4.69, 9.17) is 16.3 Å². The summed E-state index contributed by atoms with van der Waals surface area (Å²) >= 11 is 6.02. The molecule has 1 aliphatic rings. The molecule has 0 radical (unpaired) electrons. The topological polar surface area (TPSA) is 72.8 Å². The van der Waals surface area contributed by atoms with E-state index in [0.29, 0.717) is 27.3 Å². The van der Waals surface area contributed by atoms with Crippen molar-refractivity contribution in [1.82, 2.24) is 0 Å². The Morgan fingerprint density at radius 3 is 2.00 bits per heavy atom. The molecular formula is C23H16ClNO4S. The molecule has 0 N–H and O–H groups in total. The van der Waals surface area contributed by atoms with Crippen LogP contribution in [0.3, 0.4) is 0 Å². The van der Waals surface area contributed by atoms with Crippen LogP contribution in [0, 0.1) is 0 Å². The molecule has 0 fully saturated rings. The van der Waals surface area contributed by atoms with Crippen molar-refractivity contribution in [3.8, 4) is 0 Å². The molecule has 0 atom stereocenters. The molecule has 0 bridgehead atoms. The van der Waals surface area contributed by atoms with Gasteiger partial charge in [-0.05, 0) is 47.5 Å². The van der Waals surface area contributed by atoms with Gasteiger partial charge in [-0.25, -0.2) is 18.2 Å². The van der Waals surface area contributed by atoms with Crippen LogP contribution in [0.1, 0.15) is 16.7 Å². The van der Waals surface area contributed by atoms with Gasteiger partial charge in [0.2, 0.25) is 5.90 Å². The third-order valence-electron chi connectivity index (χ3n) is 4.56. The summed E-state index contributed by atoms with van der Waals surface area (Å²) in [6.45, 7) is 0. The standard InChI is InChI=1S/C23H16ClNO4S/c1-30(27,28)19-13-9-16(10-14-19)20(15-7-11-18(24)12-8-15)21-23(26)29-22(25-21)17-5-3-2-4-6-17/h2-14H,1H3/b21-20+. The first kappa shape index (κ1) is 20.1. The van der Waals surface area contributed by atoms with Crippen molar-refractivity contribution in [3.05, 3.63) is 106 Å². The highest BCUT2D eigenvalue weighted by atomic mass is 35.5. The molecule has 30 heavy (non-hydrogen) atoms. The maximum atomic E-state index is 12.7. The number of esters is 1. The molecule has 0 amide bonds. The zero-order valence-corrected chi connectivity index (χ0v) is 17.4. The maximum absolute atomic E-state index is 12.7. The SMILES string of the molecule is CS(=O)(=O)c1ccc(/C(=C2/N=C(c3ccccc3)OC2=O)c2ccc(Cl)cc2)cc1. The molecule has 0 saturated carbocycles. The number of hydrogen-bond donors (Lipinski definition) is 0. The average Bonchev–Trinajstić information content (AvgIpc) is 3.11. The van der Waals surface area contributed by atoms with Gasteiger partial charge < -0.3 is 4.74 Å². The fourth-order valence-corrected chi connectivity index (χ4v) is 3.85. The summed E-state index contributed by atoms with van der Waals surface area (Å²) in [6.07, 6.45) is 1.14. The first-order chi connectivity index (χ1) is 14.3. The number of sulfone groups is 1. The monoisotopic (exact) mass is 437 g/mol. The van der Waals surface area contributed by atoms with E-state index in [9.17, 15) is 13.2 Å². The number of aliphatic imine (C=N–C) groups is 1. The van der Waals surface area contributed by atoms with Gasteiger partial charge in [-0.15, -0.1) is 0 Å². The van der Waals surface area contributed by atoms with Gasteiger partial charge in [0, 0.05) is 22.4 Å². The van der Waals surface area contributed by atoms with Crippen molar-refractivity contribution >= 4 is 38.9 Å². The predicted molar refractivity (Wildman–Crippen MR) is 116 cm³/mol. The lowest BCUT2D eigenvalue weighted by molar-refractivity contribution is -0.129. The molecule has 3 aromatic carbocycles. The first-order valence-electron chi connectivity index (χ1n) is 9.00. The Kier molecular flexibility index (Phi) is 5.28. The number of benzene rings is 3. The molecule has 3 aromatic rings. The Labute approximate surface area is 179 Å². The number of halogens is 1. The van der Waals surface area contributed by atoms with Crippen LogP contribution >= 0.6 is 11.6 Å². The lowest BCUT2D eigenvalue weighted by Crippen LogP contribution is -2.06. The lowest BCUT2D eigenvalue weighted by Gasteiger charge is -2.10. The number of ether oxygens (including phenoxy) is 1. The summed E-state index contributed by atoms with van der Waals surface area (Å²) in [4.78, 5) is 17.4. The summed E-state index contributed by atoms with van der Waals surface area (Å²) in [5, 5.41) is 0.554. The summed E-state index contributed by atoms with van der Waals surface area (Å²) in [5.74, 6) is -0.360. The van der Waals surface area contributed by atoms with Crippen LogP contribution in [-0.4, -0.2) is 26.5 Å². The molecule has 5 nitrogen and oxygen atoms in total. The normalized spacial score (nSPS) is 15.5. The van der Waals surface area contributed by atoms with Gasteiger partial charge in [-0.1, -0.05) is 54.1 Å². The van der Waals surface area contributed by atoms with Crippen LogP contribution in [0.2, 0.25) is 5.02 Å². The minimum atomic E-state index is -3.34. The van der Waals surface area contributed by atoms with E-state index in [-0.39, 0.29) is 16.5 Å². The molecule has 150 valence electrons. The molecule has 0 unspecified atom stereocenters. The number of hydrogen-bond acceptors (Lipinski definition) is 5. The van der Waals surface area contributed by atoms with Gasteiger partial charge in [-0.3, -0.25) is 0 Å². The molecule has 0 aliphatic carbocycles. The van der Waals surface area contributed by atoms with E-state index >= 15 is 0 Å². The molecule has 0 spiro atoms. The van der Waals surface area contributed by atoms with Crippen LogP contribution in [0.15, 0.2) is 94.4 Å². The summed E-state index contributed by atoms with van der Waals surface area (Å²) in [6, 6.07) is 22.4. The zero-order chi connectivity index (χ0) is 21.3. The van der Waals surface area contributed by atoms with Crippen molar-refractivity contribution < 1.29 is 17.9 Å². The molecule has 1 heterocycles. The fourth-order valence-electron chi connectivity index (χ4n) is 3.09. The summed E-state index contributed by atoms with van der Waals surface area (Å²) < 4.78 is 29.0. The highest BCUT2D eigenvalue weighted by Gasteiger charge is 2.28. The average molecular weight is 438 g/mol. The summed E-state index contributed by atoms with van der Waals surface area (Å²) in [5.41, 5.74) is 2.70. The minimum Gasteiger partial charge on any atom is -0.402 e. The Morgan fingerprint density at radius 2 is 1.43 bits per heavy atom. The first-order valence-corrected chi connectivity index (χ1v) is 11.3. The number of nitrogens with zero attached hydrogens (tertiary/aromatic N) is 1. The van der Waals surface area contributed by atoms with Crippen molar-refractivity contribution in [2.45, 2.75) is 4.90 Å². The van der Waals surface area contributed by atoms with E-state index < -0.39 is 15.8 Å². The van der Waals surface area contributed by atoms with E-state index in [1.165, 1.54) is 12.1 Å². The Hall–Kier alpha value is -3.22. The van der Waals surface area contributed by atoms with Crippen LogP contribution in [0.4, 0.5) is 0 Å². The lowest BCUT2D eigenvalue weighted by atomic mass is 9.96. The highest BCUT2D eigenvalue weighted by Crippen LogP contribution is 2.32. The molecule has 4 rings (SSSR count). The molecular weight excluding hydrogens is 422 g/mol. The van der Waals surface area contributed by atoms with Gasteiger partial charge in [0.15, 0.2) is 15.5 Å². The van der Waals surface area contributed by atoms with Crippen LogP contribution < -0.4 is 0 Å². The number of carbonyl (C=O) groups is 1. The van der Waals surface area contributed by atoms with E-state index in [0.717, 1.165) is 6.26 Å². The second kappa shape index (κ2) is 7.89. The van der Waals surface area contributed by atoms with Crippen molar-refractivity contribution in [1.29, 1.82) is 0 Å². The largest absolute Gasteiger partial charge is 0.402 e. The Bertz CT molecular complexity index is 1280. The van der Waals surface area contributed by atoms with Gasteiger partial charge in [0.25, 0.3) is 0 Å². The Morgan fingerprint density at radius 1 is 0.867 bits per heavy atom. The molecule has 0 aromatic heterocycles. The number of cyclic esters (lactones) is 1. The van der Waals surface area contributed by atoms with Gasteiger partial charge in [0.05, 0.1) is 4.90 Å². The minimum absolute atomic E-state index is 0.142. The van der Waals surface area contributed by atoms with E-state index in [2.05, 4.69) is 4.99 Å². The van der Waals surface area contributed by atoms with Crippen molar-refractivity contribution in [2.75, 3.05) is 6.26 Å². The Balaban J connectivity index is 1.90. The molecule has 1 aliphatic heterocycles. The number of carbonyl (C=O) groups excluding carboxylic acids is 1. The molecule has 7 heteroatoms. The second-order valence-electron chi connectivity index (χ2n) is 6.70. The van der Waals surface area contributed by atoms with Crippen molar-refractivity contribution in [3.63, 3.8) is 0 Å². The maximum Gasteiger partial charge on any atom is 0.364 e. The highest BCUT2D eigenvalue weighted by molar-refractivity contribution is 7.90. The predicted octanol–water partition coefficient (Wildman–Crippen LogP) is 4.51. The fraction of sp³-hybridized carbons (Fsp3) is 0.0435. The quantitative estimate of drug-likeness (QED) is 0.444. The van der Waals surface area contributed by atoms with E-state index in [1.54, 1.807) is 48.5 Å². The van der Waals surface area contributed by atoms with Crippen LogP contribution in [-0.2, 0) is 19.4 Å². The van der Waals surface area contributed by atoms with Gasteiger partial charge in [0.1, 0.15) is 0 Å². The van der Waals surface area contributed by atoms with E-state index in [1.807, 2.05) is 18.2 Å². The third-order valence-corrected chi connectivity index (χ3v) is 5.94. The van der Waals surface area contributed by atoms with Crippen molar-refractivity contribution in [2.24, 2.45) is 4.99 Å². The van der Waals surface area contributed by atoms with Crippen LogP contribution in [0.25, 0.3) is 5.57 Å². The van der Waals surface area contributed by atoms with Gasteiger partial charge in [-0.2, -0.15) is 0 Å². The summed E-state index contributed by atoms with van der Waals surface area (Å²) in [7, 11) is -3.34. The second-order valence-corrected chi connectivity index (χ2v) is 9.15. The zero-order valence-electron chi connectivity index (χ0n) is 15.9. The number of rotatable bonds is 4. The third kappa shape index (κ3) is 4.06. The smallest absolute Gasteiger partial charge is 0.364 e.